The third-order valence-electron chi connectivity index (χ3n) is 3.54. The predicted molar refractivity (Wildman–Crippen MR) is 99.5 cm³/mol. The quantitative estimate of drug-likeness (QED) is 0.642. The number of hydrogen-bond donors (Lipinski definition) is 2. The van der Waals surface area contributed by atoms with Gasteiger partial charge in [-0.05, 0) is 37.3 Å². The molecule has 0 radical (unpaired) electrons. The number of ether oxygens (including phenoxy) is 1. The highest BCUT2D eigenvalue weighted by Crippen LogP contribution is 2.26. The molecule has 27 heavy (non-hydrogen) atoms. The second-order valence-electron chi connectivity index (χ2n) is 5.52. The zero-order valence-corrected chi connectivity index (χ0v) is 15.2. The maximum Gasteiger partial charge on any atom is 0.337 e. The first-order valence-electron chi connectivity index (χ1n) is 7.82. The van der Waals surface area contributed by atoms with Crippen molar-refractivity contribution in [2.24, 2.45) is 0 Å². The molecule has 2 heterocycles. The van der Waals surface area contributed by atoms with Crippen LogP contribution in [0.1, 0.15) is 26.5 Å². The van der Waals surface area contributed by atoms with E-state index in [4.69, 9.17) is 20.9 Å². The van der Waals surface area contributed by atoms with Gasteiger partial charge in [-0.3, -0.25) is 4.79 Å². The smallest absolute Gasteiger partial charge is 0.337 e. The van der Waals surface area contributed by atoms with Crippen molar-refractivity contribution in [3.05, 3.63) is 64.5 Å². The van der Waals surface area contributed by atoms with Crippen molar-refractivity contribution in [2.75, 3.05) is 17.7 Å². The van der Waals surface area contributed by atoms with Crippen LogP contribution < -0.4 is 10.6 Å². The Morgan fingerprint density at radius 3 is 2.63 bits per heavy atom. The molecule has 0 aliphatic carbocycles. The van der Waals surface area contributed by atoms with Crippen molar-refractivity contribution >= 4 is 40.8 Å². The summed E-state index contributed by atoms with van der Waals surface area (Å²) in [4.78, 5) is 28.2. The minimum Gasteiger partial charge on any atom is -0.465 e. The fraction of sp³-hybridized carbons (Fsp3) is 0.111. The number of hydrogen-bond acceptors (Lipinski definition) is 7. The summed E-state index contributed by atoms with van der Waals surface area (Å²) in [5.41, 5.74) is 1.14. The molecule has 0 aliphatic heterocycles. The van der Waals surface area contributed by atoms with Gasteiger partial charge in [0, 0.05) is 17.8 Å². The van der Waals surface area contributed by atoms with Crippen LogP contribution >= 0.6 is 11.6 Å². The molecule has 0 unspecified atom stereocenters. The number of rotatable bonds is 5. The number of aryl methyl sites for hydroxylation is 1. The highest BCUT2D eigenvalue weighted by atomic mass is 35.5. The van der Waals surface area contributed by atoms with Crippen LogP contribution in [0.15, 0.2) is 47.1 Å². The molecule has 1 aromatic carbocycles. The van der Waals surface area contributed by atoms with E-state index >= 15 is 0 Å². The highest BCUT2D eigenvalue weighted by Gasteiger charge is 2.12. The maximum atomic E-state index is 12.3. The average Bonchev–Trinajstić information content (AvgIpc) is 3.07. The Balaban J connectivity index is 1.80. The number of methoxy groups -OCH3 is 1. The van der Waals surface area contributed by atoms with Crippen LogP contribution in [0.5, 0.6) is 0 Å². The van der Waals surface area contributed by atoms with E-state index in [1.165, 1.54) is 13.3 Å². The van der Waals surface area contributed by atoms with E-state index in [0.717, 1.165) is 0 Å². The fourth-order valence-electron chi connectivity index (χ4n) is 2.26. The van der Waals surface area contributed by atoms with Gasteiger partial charge < -0.3 is 19.9 Å². The van der Waals surface area contributed by atoms with Gasteiger partial charge in [-0.1, -0.05) is 16.8 Å². The third kappa shape index (κ3) is 4.42. The van der Waals surface area contributed by atoms with Gasteiger partial charge in [-0.15, -0.1) is 0 Å². The summed E-state index contributed by atoms with van der Waals surface area (Å²) in [6.45, 7) is 1.73. The molecule has 8 nitrogen and oxygen atoms in total. The summed E-state index contributed by atoms with van der Waals surface area (Å²) in [6.07, 6.45) is 1.48. The standard InChI is InChI=1S/C18H15ClN4O4/c1-10-7-16(23-27-10)22-17(24)11-5-6-20-15(9-11)21-14-8-12(18(25)26-2)3-4-13(14)19/h3-9H,1-2H3,(H,20,21)(H,22,23,24). The van der Waals surface area contributed by atoms with Gasteiger partial charge in [0.15, 0.2) is 5.82 Å². The fourth-order valence-corrected chi connectivity index (χ4v) is 2.42. The molecule has 3 aromatic rings. The molecular formula is C18H15ClN4O4. The molecule has 138 valence electrons. The van der Waals surface area contributed by atoms with E-state index < -0.39 is 5.97 Å². The van der Waals surface area contributed by atoms with Crippen LogP contribution in [0, 0.1) is 6.92 Å². The summed E-state index contributed by atoms with van der Waals surface area (Å²) in [7, 11) is 1.30. The Kier molecular flexibility index (Phi) is 5.37. The number of nitrogens with zero attached hydrogens (tertiary/aromatic N) is 2. The molecule has 2 N–H and O–H groups in total. The van der Waals surface area contributed by atoms with Gasteiger partial charge in [-0.2, -0.15) is 0 Å². The lowest BCUT2D eigenvalue weighted by Crippen LogP contribution is -2.12. The number of anilines is 3. The van der Waals surface area contributed by atoms with Crippen molar-refractivity contribution in [1.82, 2.24) is 10.1 Å². The Morgan fingerprint density at radius 2 is 1.93 bits per heavy atom. The molecule has 0 aliphatic rings. The zero-order chi connectivity index (χ0) is 19.4. The van der Waals surface area contributed by atoms with Gasteiger partial charge >= 0.3 is 5.97 Å². The van der Waals surface area contributed by atoms with Gasteiger partial charge in [0.05, 0.1) is 23.4 Å². The number of carbonyl (C=O) groups is 2. The van der Waals surface area contributed by atoms with Crippen LogP contribution in [0.4, 0.5) is 17.3 Å². The predicted octanol–water partition coefficient (Wildman–Crippen LogP) is 3.81. The van der Waals surface area contributed by atoms with Crippen molar-refractivity contribution in [3.63, 3.8) is 0 Å². The molecular weight excluding hydrogens is 372 g/mol. The number of nitrogens with one attached hydrogen (secondary N) is 2. The second kappa shape index (κ2) is 7.88. The van der Waals surface area contributed by atoms with E-state index in [1.54, 1.807) is 43.3 Å². The monoisotopic (exact) mass is 386 g/mol. The summed E-state index contributed by atoms with van der Waals surface area (Å²) in [5.74, 6) is 0.421. The topological polar surface area (TPSA) is 106 Å². The van der Waals surface area contributed by atoms with Crippen LogP contribution in [0.2, 0.25) is 5.02 Å². The minimum atomic E-state index is -0.487. The summed E-state index contributed by atoms with van der Waals surface area (Å²) in [6, 6.07) is 9.37. The van der Waals surface area contributed by atoms with Gasteiger partial charge in [0.2, 0.25) is 0 Å². The molecule has 0 saturated heterocycles. The molecule has 0 spiro atoms. The van der Waals surface area contributed by atoms with Gasteiger partial charge in [0.1, 0.15) is 11.6 Å². The zero-order valence-electron chi connectivity index (χ0n) is 14.4. The summed E-state index contributed by atoms with van der Waals surface area (Å²) < 4.78 is 9.61. The van der Waals surface area contributed by atoms with E-state index in [1.807, 2.05) is 0 Å². The van der Waals surface area contributed by atoms with E-state index in [-0.39, 0.29) is 5.91 Å². The number of esters is 1. The van der Waals surface area contributed by atoms with E-state index in [9.17, 15) is 9.59 Å². The van der Waals surface area contributed by atoms with Gasteiger partial charge in [-0.25, -0.2) is 9.78 Å². The SMILES string of the molecule is COC(=O)c1ccc(Cl)c(Nc2cc(C(=O)Nc3cc(C)on3)ccn2)c1. The second-order valence-corrected chi connectivity index (χ2v) is 5.93. The Hall–Kier alpha value is -3.39. The number of aromatic nitrogens is 2. The normalized spacial score (nSPS) is 10.3. The van der Waals surface area contributed by atoms with Crippen LogP contribution in [0.25, 0.3) is 0 Å². The third-order valence-corrected chi connectivity index (χ3v) is 3.87. The molecule has 0 fully saturated rings. The summed E-state index contributed by atoms with van der Waals surface area (Å²) >= 11 is 6.17. The first kappa shape index (κ1) is 18.4. The summed E-state index contributed by atoms with van der Waals surface area (Å²) in [5, 5.41) is 9.72. The molecule has 2 aromatic heterocycles. The number of benzene rings is 1. The van der Waals surface area contributed by atoms with Crippen molar-refractivity contribution in [2.45, 2.75) is 6.92 Å². The Bertz CT molecular complexity index is 1000. The molecule has 3 rings (SSSR count). The average molecular weight is 387 g/mol. The van der Waals surface area contributed by atoms with Crippen LogP contribution in [-0.2, 0) is 4.74 Å². The minimum absolute atomic E-state index is 0.317. The molecule has 0 saturated carbocycles. The lowest BCUT2D eigenvalue weighted by atomic mass is 10.2. The largest absolute Gasteiger partial charge is 0.465 e. The molecule has 0 bridgehead atoms. The lowest BCUT2D eigenvalue weighted by molar-refractivity contribution is 0.0600. The van der Waals surface area contributed by atoms with Gasteiger partial charge in [0.25, 0.3) is 5.91 Å². The van der Waals surface area contributed by atoms with Crippen molar-refractivity contribution < 1.29 is 18.8 Å². The number of pyridine rings is 1. The molecule has 0 atom stereocenters. The highest BCUT2D eigenvalue weighted by molar-refractivity contribution is 6.33. The van der Waals surface area contributed by atoms with Crippen molar-refractivity contribution in [3.8, 4) is 0 Å². The van der Waals surface area contributed by atoms with Crippen LogP contribution in [0.3, 0.4) is 0 Å². The van der Waals surface area contributed by atoms with Crippen molar-refractivity contribution in [1.29, 1.82) is 0 Å². The Labute approximate surface area is 159 Å². The first-order valence-corrected chi connectivity index (χ1v) is 8.19. The first-order chi connectivity index (χ1) is 13.0. The Morgan fingerprint density at radius 1 is 1.11 bits per heavy atom. The van der Waals surface area contributed by atoms with E-state index in [0.29, 0.717) is 39.2 Å². The number of amides is 1. The van der Waals surface area contributed by atoms with Crippen LogP contribution in [-0.4, -0.2) is 29.1 Å². The lowest BCUT2D eigenvalue weighted by Gasteiger charge is -2.10. The number of carbonyl (C=O) groups excluding carboxylic acids is 2. The maximum absolute atomic E-state index is 12.3. The van der Waals surface area contributed by atoms with E-state index in [2.05, 4.69) is 20.8 Å². The molecule has 9 heteroatoms. The number of halogens is 1. The molecule has 1 amide bonds.